The van der Waals surface area contributed by atoms with Gasteiger partial charge in [0.15, 0.2) is 0 Å². The van der Waals surface area contributed by atoms with Gasteiger partial charge in [0, 0.05) is 25.3 Å². The van der Waals surface area contributed by atoms with Crippen molar-refractivity contribution in [3.63, 3.8) is 0 Å². The lowest BCUT2D eigenvalue weighted by Crippen LogP contribution is -2.50. The van der Waals surface area contributed by atoms with Crippen molar-refractivity contribution in [1.82, 2.24) is 5.32 Å². The van der Waals surface area contributed by atoms with Crippen molar-refractivity contribution < 1.29 is 14.6 Å². The van der Waals surface area contributed by atoms with Gasteiger partial charge in [-0.3, -0.25) is 0 Å². The van der Waals surface area contributed by atoms with Crippen molar-refractivity contribution >= 4 is 0 Å². The van der Waals surface area contributed by atoms with Crippen LogP contribution < -0.4 is 5.32 Å². The Morgan fingerprint density at radius 3 is 2.76 bits per heavy atom. The van der Waals surface area contributed by atoms with Crippen LogP contribution in [0, 0.1) is 11.8 Å². The van der Waals surface area contributed by atoms with Crippen LogP contribution in [0.4, 0.5) is 0 Å². The van der Waals surface area contributed by atoms with Crippen molar-refractivity contribution in [3.05, 3.63) is 12.2 Å². The molecule has 3 atom stereocenters. The van der Waals surface area contributed by atoms with Crippen molar-refractivity contribution in [3.8, 4) is 0 Å². The Morgan fingerprint density at radius 2 is 2.05 bits per heavy atom. The molecule has 0 radical (unpaired) electrons. The van der Waals surface area contributed by atoms with Crippen LogP contribution in [0.5, 0.6) is 0 Å². The van der Waals surface area contributed by atoms with E-state index in [4.69, 9.17) is 9.47 Å². The Morgan fingerprint density at radius 1 is 1.33 bits per heavy atom. The summed E-state index contributed by atoms with van der Waals surface area (Å²) in [6.45, 7) is 7.88. The molecule has 0 aromatic carbocycles. The maximum absolute atomic E-state index is 10.1. The van der Waals surface area contributed by atoms with Crippen molar-refractivity contribution in [1.29, 1.82) is 0 Å². The molecule has 2 N–H and O–H groups in total. The smallest absolute Gasteiger partial charge is 0.0897 e. The molecular formula is C17H31NO3. The predicted octanol–water partition coefficient (Wildman–Crippen LogP) is 2.12. The van der Waals surface area contributed by atoms with Gasteiger partial charge in [-0.1, -0.05) is 19.1 Å². The van der Waals surface area contributed by atoms with Gasteiger partial charge in [-0.2, -0.15) is 0 Å². The molecule has 4 heteroatoms. The molecule has 2 aliphatic rings. The van der Waals surface area contributed by atoms with E-state index in [2.05, 4.69) is 31.3 Å². The molecule has 21 heavy (non-hydrogen) atoms. The van der Waals surface area contributed by atoms with E-state index < -0.39 is 6.10 Å². The van der Waals surface area contributed by atoms with Gasteiger partial charge in [0.25, 0.3) is 0 Å². The zero-order valence-corrected chi connectivity index (χ0v) is 13.5. The van der Waals surface area contributed by atoms with Gasteiger partial charge in [0.2, 0.25) is 0 Å². The first kappa shape index (κ1) is 16.9. The van der Waals surface area contributed by atoms with E-state index in [0.717, 1.165) is 45.5 Å². The van der Waals surface area contributed by atoms with Crippen LogP contribution in [-0.2, 0) is 9.47 Å². The summed E-state index contributed by atoms with van der Waals surface area (Å²) in [5.74, 6) is 1.29. The van der Waals surface area contributed by atoms with Crippen LogP contribution >= 0.6 is 0 Å². The minimum Gasteiger partial charge on any atom is -0.389 e. The summed E-state index contributed by atoms with van der Waals surface area (Å²) in [6, 6.07) is 0. The Hall–Kier alpha value is -0.420. The molecule has 1 aliphatic carbocycles. The molecule has 1 saturated heterocycles. The van der Waals surface area contributed by atoms with Gasteiger partial charge < -0.3 is 19.9 Å². The number of ether oxygens (including phenoxy) is 2. The predicted molar refractivity (Wildman–Crippen MR) is 84.3 cm³/mol. The third kappa shape index (κ3) is 5.70. The third-order valence-corrected chi connectivity index (χ3v) is 4.92. The Bertz CT molecular complexity index is 326. The maximum Gasteiger partial charge on any atom is 0.0897 e. The molecule has 1 aliphatic heterocycles. The average molecular weight is 297 g/mol. The zero-order chi connectivity index (χ0) is 15.1. The zero-order valence-electron chi connectivity index (χ0n) is 13.5. The minimum absolute atomic E-state index is 0.0991. The van der Waals surface area contributed by atoms with Gasteiger partial charge in [0.05, 0.1) is 19.3 Å². The highest BCUT2D eigenvalue weighted by Crippen LogP contribution is 2.25. The fraction of sp³-hybridized carbons (Fsp3) is 0.882. The molecule has 3 unspecified atom stereocenters. The second-order valence-corrected chi connectivity index (χ2v) is 6.93. The maximum atomic E-state index is 10.1. The molecule has 4 nitrogen and oxygen atoms in total. The lowest BCUT2D eigenvalue weighted by molar-refractivity contribution is 0.00187. The molecule has 122 valence electrons. The van der Waals surface area contributed by atoms with Crippen LogP contribution in [-0.4, -0.2) is 49.7 Å². The quantitative estimate of drug-likeness (QED) is 0.707. The number of nitrogens with one attached hydrogen (secondary N) is 1. The molecule has 0 spiro atoms. The number of allylic oxidation sites excluding steroid dienone is 2. The van der Waals surface area contributed by atoms with Gasteiger partial charge in [-0.25, -0.2) is 0 Å². The lowest BCUT2D eigenvalue weighted by atomic mass is 9.85. The van der Waals surface area contributed by atoms with Gasteiger partial charge in [0.1, 0.15) is 0 Å². The van der Waals surface area contributed by atoms with E-state index in [9.17, 15) is 5.11 Å². The van der Waals surface area contributed by atoms with Crippen LogP contribution in [0.15, 0.2) is 12.2 Å². The van der Waals surface area contributed by atoms with Crippen LogP contribution in [0.25, 0.3) is 0 Å². The van der Waals surface area contributed by atoms with E-state index in [0.29, 0.717) is 25.0 Å². The number of aliphatic hydroxyl groups excluding tert-OH is 1. The fourth-order valence-electron chi connectivity index (χ4n) is 3.02. The van der Waals surface area contributed by atoms with E-state index in [1.165, 1.54) is 0 Å². The molecular weight excluding hydrogens is 266 g/mol. The number of rotatable bonds is 7. The fourth-order valence-corrected chi connectivity index (χ4v) is 3.02. The lowest BCUT2D eigenvalue weighted by Gasteiger charge is -2.35. The number of hydrogen-bond acceptors (Lipinski definition) is 4. The minimum atomic E-state index is -0.431. The second kappa shape index (κ2) is 8.28. The van der Waals surface area contributed by atoms with Crippen LogP contribution in [0.1, 0.15) is 39.5 Å². The summed E-state index contributed by atoms with van der Waals surface area (Å²) < 4.78 is 11.1. The summed E-state index contributed by atoms with van der Waals surface area (Å²) in [5, 5.41) is 13.5. The van der Waals surface area contributed by atoms with Crippen LogP contribution in [0.3, 0.4) is 0 Å². The van der Waals surface area contributed by atoms with Gasteiger partial charge in [-0.15, -0.1) is 0 Å². The molecule has 0 aromatic rings. The molecule has 0 amide bonds. The first-order valence-electron chi connectivity index (χ1n) is 8.33. The Labute approximate surface area is 128 Å². The topological polar surface area (TPSA) is 50.7 Å². The van der Waals surface area contributed by atoms with Crippen molar-refractivity contribution in [2.75, 3.05) is 33.0 Å². The molecule has 0 saturated carbocycles. The first-order chi connectivity index (χ1) is 10.1. The average Bonchev–Trinajstić information content (AvgIpc) is 2.48. The standard InChI is InChI=1S/C17H31NO3/c1-14-5-3-4-6-15(14)12-21-13-16(19)11-18-17(2)7-9-20-10-8-17/h3-4,14-16,18-19H,5-13H2,1-2H3. The summed E-state index contributed by atoms with van der Waals surface area (Å²) in [6.07, 6.45) is 8.34. The summed E-state index contributed by atoms with van der Waals surface area (Å²) >= 11 is 0. The van der Waals surface area contributed by atoms with E-state index >= 15 is 0 Å². The highest BCUT2D eigenvalue weighted by atomic mass is 16.5. The SMILES string of the molecule is CC1CC=CCC1COCC(O)CNC1(C)CCOCC1. The highest BCUT2D eigenvalue weighted by Gasteiger charge is 2.27. The Kier molecular flexibility index (Phi) is 6.68. The van der Waals surface area contributed by atoms with E-state index in [-0.39, 0.29) is 5.54 Å². The van der Waals surface area contributed by atoms with Crippen molar-refractivity contribution in [2.24, 2.45) is 11.8 Å². The highest BCUT2D eigenvalue weighted by molar-refractivity contribution is 4.93. The molecule has 1 heterocycles. The van der Waals surface area contributed by atoms with Crippen molar-refractivity contribution in [2.45, 2.75) is 51.2 Å². The number of hydrogen-bond donors (Lipinski definition) is 2. The van der Waals surface area contributed by atoms with Gasteiger partial charge in [-0.05, 0) is 44.4 Å². The number of aliphatic hydroxyl groups is 1. The Balaban J connectivity index is 1.59. The van der Waals surface area contributed by atoms with Gasteiger partial charge >= 0.3 is 0 Å². The monoisotopic (exact) mass is 297 g/mol. The van der Waals surface area contributed by atoms with Crippen LogP contribution in [0.2, 0.25) is 0 Å². The summed E-state index contributed by atoms with van der Waals surface area (Å²) in [4.78, 5) is 0. The molecule has 0 bridgehead atoms. The van der Waals surface area contributed by atoms with E-state index in [1.807, 2.05) is 0 Å². The largest absolute Gasteiger partial charge is 0.389 e. The molecule has 0 aromatic heterocycles. The number of β-amino-alcohol motifs (C(OH)–C–C–N with tert-alkyl or cyclic N) is 1. The molecule has 2 rings (SSSR count). The van der Waals surface area contributed by atoms with E-state index in [1.54, 1.807) is 0 Å². The molecule has 1 fully saturated rings. The summed E-state index contributed by atoms with van der Waals surface area (Å²) in [7, 11) is 0. The summed E-state index contributed by atoms with van der Waals surface area (Å²) in [5.41, 5.74) is 0.0991. The normalized spacial score (nSPS) is 30.2. The first-order valence-corrected chi connectivity index (χ1v) is 8.33. The second-order valence-electron chi connectivity index (χ2n) is 6.93. The third-order valence-electron chi connectivity index (χ3n) is 4.92.